The van der Waals surface area contributed by atoms with Crippen molar-refractivity contribution in [2.75, 3.05) is 13.1 Å². The molecule has 0 spiro atoms. The van der Waals surface area contributed by atoms with E-state index in [0.717, 1.165) is 31.5 Å². The van der Waals surface area contributed by atoms with Crippen LogP contribution < -0.4 is 5.32 Å². The molecule has 0 aliphatic rings. The molecular weight excluding hydrogens is 245 g/mol. The molecule has 0 radical (unpaired) electrons. The fraction of sp³-hybridized carbons (Fsp3) is 0.455. The molecular formula is C11H15BrFN. The normalized spacial score (nSPS) is 10.5. The van der Waals surface area contributed by atoms with Crippen LogP contribution in [-0.4, -0.2) is 13.1 Å². The zero-order valence-electron chi connectivity index (χ0n) is 8.32. The molecule has 0 saturated carbocycles. The summed E-state index contributed by atoms with van der Waals surface area (Å²) in [6.45, 7) is 4.05. The van der Waals surface area contributed by atoms with Crippen LogP contribution >= 0.6 is 15.9 Å². The van der Waals surface area contributed by atoms with Crippen molar-refractivity contribution < 1.29 is 4.39 Å². The largest absolute Gasteiger partial charge is 0.316 e. The van der Waals surface area contributed by atoms with E-state index >= 15 is 0 Å². The lowest BCUT2D eigenvalue weighted by molar-refractivity contribution is 0.614. The number of hydrogen-bond acceptors (Lipinski definition) is 1. The highest BCUT2D eigenvalue weighted by molar-refractivity contribution is 9.10. The van der Waals surface area contributed by atoms with Crippen LogP contribution in [0.2, 0.25) is 0 Å². The van der Waals surface area contributed by atoms with Crippen molar-refractivity contribution in [3.8, 4) is 0 Å². The molecule has 1 rings (SSSR count). The summed E-state index contributed by atoms with van der Waals surface area (Å²) in [5, 5.41) is 3.29. The molecule has 0 atom stereocenters. The third-order valence-corrected chi connectivity index (χ3v) is 2.92. The quantitative estimate of drug-likeness (QED) is 0.802. The van der Waals surface area contributed by atoms with Gasteiger partial charge in [-0.3, -0.25) is 0 Å². The number of rotatable bonds is 5. The van der Waals surface area contributed by atoms with Gasteiger partial charge in [0, 0.05) is 0 Å². The zero-order chi connectivity index (χ0) is 10.4. The Morgan fingerprint density at radius 2 is 2.14 bits per heavy atom. The first-order valence-electron chi connectivity index (χ1n) is 4.89. The van der Waals surface area contributed by atoms with Crippen LogP contribution in [0.4, 0.5) is 4.39 Å². The summed E-state index contributed by atoms with van der Waals surface area (Å²) in [6.07, 6.45) is 1.99. The van der Waals surface area contributed by atoms with E-state index in [2.05, 4.69) is 28.2 Å². The average Bonchev–Trinajstić information content (AvgIpc) is 2.19. The molecule has 0 heterocycles. The SMILES string of the molecule is CCCNCCc1cccc(F)c1Br. The molecule has 0 unspecified atom stereocenters. The number of benzene rings is 1. The van der Waals surface area contributed by atoms with Crippen molar-refractivity contribution in [2.24, 2.45) is 0 Å². The fourth-order valence-corrected chi connectivity index (χ4v) is 1.73. The van der Waals surface area contributed by atoms with Gasteiger partial charge in [-0.25, -0.2) is 4.39 Å². The highest BCUT2D eigenvalue weighted by Gasteiger charge is 2.03. The van der Waals surface area contributed by atoms with Crippen molar-refractivity contribution in [1.82, 2.24) is 5.32 Å². The lowest BCUT2D eigenvalue weighted by Crippen LogP contribution is -2.18. The van der Waals surface area contributed by atoms with Gasteiger partial charge in [0.05, 0.1) is 4.47 Å². The molecule has 0 aromatic heterocycles. The van der Waals surface area contributed by atoms with E-state index < -0.39 is 0 Å². The molecule has 0 aliphatic heterocycles. The Kier molecular flexibility index (Phi) is 5.12. The monoisotopic (exact) mass is 259 g/mol. The maximum absolute atomic E-state index is 13.1. The van der Waals surface area contributed by atoms with Gasteiger partial charge in [-0.1, -0.05) is 19.1 Å². The maximum Gasteiger partial charge on any atom is 0.137 e. The first kappa shape index (κ1) is 11.7. The molecule has 1 N–H and O–H groups in total. The summed E-state index contributed by atoms with van der Waals surface area (Å²) < 4.78 is 13.7. The van der Waals surface area contributed by atoms with E-state index in [1.165, 1.54) is 6.07 Å². The van der Waals surface area contributed by atoms with Gasteiger partial charge >= 0.3 is 0 Å². The summed E-state index contributed by atoms with van der Waals surface area (Å²) in [6, 6.07) is 5.16. The first-order valence-corrected chi connectivity index (χ1v) is 5.68. The second-order valence-corrected chi connectivity index (χ2v) is 4.01. The van der Waals surface area contributed by atoms with E-state index in [-0.39, 0.29) is 5.82 Å². The van der Waals surface area contributed by atoms with Crippen LogP contribution in [0, 0.1) is 5.82 Å². The number of hydrogen-bond donors (Lipinski definition) is 1. The summed E-state index contributed by atoms with van der Waals surface area (Å²) in [5.41, 5.74) is 1.02. The second-order valence-electron chi connectivity index (χ2n) is 3.21. The number of nitrogens with one attached hydrogen (secondary N) is 1. The van der Waals surface area contributed by atoms with E-state index in [1.807, 2.05) is 6.07 Å². The summed E-state index contributed by atoms with van der Waals surface area (Å²) in [4.78, 5) is 0. The summed E-state index contributed by atoms with van der Waals surface area (Å²) in [7, 11) is 0. The van der Waals surface area contributed by atoms with Crippen LogP contribution in [0.5, 0.6) is 0 Å². The Bertz CT molecular complexity index is 289. The van der Waals surface area contributed by atoms with Crippen molar-refractivity contribution in [1.29, 1.82) is 0 Å². The summed E-state index contributed by atoms with van der Waals surface area (Å²) in [5.74, 6) is -0.182. The Labute approximate surface area is 92.8 Å². The van der Waals surface area contributed by atoms with E-state index in [0.29, 0.717) is 4.47 Å². The summed E-state index contributed by atoms with van der Waals surface area (Å²) >= 11 is 3.25. The van der Waals surface area contributed by atoms with Gasteiger partial charge < -0.3 is 5.32 Å². The second kappa shape index (κ2) is 6.14. The molecule has 1 nitrogen and oxygen atoms in total. The fourth-order valence-electron chi connectivity index (χ4n) is 1.27. The third-order valence-electron chi connectivity index (χ3n) is 2.03. The van der Waals surface area contributed by atoms with Gasteiger partial charge in [-0.2, -0.15) is 0 Å². The highest BCUT2D eigenvalue weighted by atomic mass is 79.9. The molecule has 78 valence electrons. The van der Waals surface area contributed by atoms with Crippen molar-refractivity contribution >= 4 is 15.9 Å². The van der Waals surface area contributed by atoms with Crippen molar-refractivity contribution in [3.05, 3.63) is 34.1 Å². The standard InChI is InChI=1S/C11H15BrFN/c1-2-7-14-8-6-9-4-3-5-10(13)11(9)12/h3-5,14H,2,6-8H2,1H3. The predicted octanol–water partition coefficient (Wildman–Crippen LogP) is 3.13. The molecule has 1 aromatic rings. The van der Waals surface area contributed by atoms with Gasteiger partial charge in [0.1, 0.15) is 5.82 Å². The van der Waals surface area contributed by atoms with Crippen molar-refractivity contribution in [2.45, 2.75) is 19.8 Å². The van der Waals surface area contributed by atoms with E-state index in [9.17, 15) is 4.39 Å². The van der Waals surface area contributed by atoms with Crippen LogP contribution in [0.25, 0.3) is 0 Å². The maximum atomic E-state index is 13.1. The van der Waals surface area contributed by atoms with Gasteiger partial charge in [-0.15, -0.1) is 0 Å². The molecule has 0 fully saturated rings. The molecule has 0 bridgehead atoms. The Morgan fingerprint density at radius 3 is 2.86 bits per heavy atom. The van der Waals surface area contributed by atoms with Gasteiger partial charge in [-0.05, 0) is 53.5 Å². The third kappa shape index (κ3) is 3.39. The minimum Gasteiger partial charge on any atom is -0.316 e. The van der Waals surface area contributed by atoms with E-state index in [4.69, 9.17) is 0 Å². The average molecular weight is 260 g/mol. The Morgan fingerprint density at radius 1 is 1.36 bits per heavy atom. The molecule has 0 saturated heterocycles. The molecule has 1 aromatic carbocycles. The van der Waals surface area contributed by atoms with Crippen LogP contribution in [0.3, 0.4) is 0 Å². The molecule has 14 heavy (non-hydrogen) atoms. The molecule has 0 aliphatic carbocycles. The van der Waals surface area contributed by atoms with Crippen LogP contribution in [-0.2, 0) is 6.42 Å². The topological polar surface area (TPSA) is 12.0 Å². The lowest BCUT2D eigenvalue weighted by atomic mass is 10.1. The number of halogens is 2. The smallest absolute Gasteiger partial charge is 0.137 e. The van der Waals surface area contributed by atoms with Crippen LogP contribution in [0.1, 0.15) is 18.9 Å². The van der Waals surface area contributed by atoms with Gasteiger partial charge in [0.15, 0.2) is 0 Å². The minimum absolute atomic E-state index is 0.182. The minimum atomic E-state index is -0.182. The Balaban J connectivity index is 2.46. The van der Waals surface area contributed by atoms with Crippen LogP contribution in [0.15, 0.2) is 22.7 Å². The first-order chi connectivity index (χ1) is 6.75. The predicted molar refractivity (Wildman–Crippen MR) is 61.0 cm³/mol. The lowest BCUT2D eigenvalue weighted by Gasteiger charge is -2.05. The highest BCUT2D eigenvalue weighted by Crippen LogP contribution is 2.20. The van der Waals surface area contributed by atoms with Crippen molar-refractivity contribution in [3.63, 3.8) is 0 Å². The Hall–Kier alpha value is -0.410. The van der Waals surface area contributed by atoms with E-state index in [1.54, 1.807) is 6.07 Å². The molecule has 3 heteroatoms. The van der Waals surface area contributed by atoms with Gasteiger partial charge in [0.2, 0.25) is 0 Å². The van der Waals surface area contributed by atoms with Gasteiger partial charge in [0.25, 0.3) is 0 Å². The molecule has 0 amide bonds. The zero-order valence-corrected chi connectivity index (χ0v) is 9.90.